The van der Waals surface area contributed by atoms with Crippen LogP contribution in [0.4, 0.5) is 5.69 Å². The van der Waals surface area contributed by atoms with Crippen LogP contribution in [-0.2, 0) is 5.75 Å². The predicted octanol–water partition coefficient (Wildman–Crippen LogP) is 5.75. The summed E-state index contributed by atoms with van der Waals surface area (Å²) >= 11 is 11.0. The largest absolute Gasteiger partial charge is 0.321 e. The molecular weight excluding hydrogens is 434 g/mol. The number of carbonyl (C=O) groups is 1. The molecule has 3 rings (SSSR count). The zero-order valence-electron chi connectivity index (χ0n) is 13.9. The molecule has 0 atom stereocenters. The van der Waals surface area contributed by atoms with Crippen LogP contribution in [0.15, 0.2) is 64.4 Å². The number of nitrogens with one attached hydrogen (secondary N) is 1. The average Bonchev–Trinajstić information content (AvgIpc) is 2.64. The number of benzene rings is 2. The summed E-state index contributed by atoms with van der Waals surface area (Å²) in [6, 6.07) is 15.4. The summed E-state index contributed by atoms with van der Waals surface area (Å²) in [7, 11) is 0. The van der Waals surface area contributed by atoms with Crippen molar-refractivity contribution >= 4 is 50.9 Å². The normalized spacial score (nSPS) is 10.6. The average molecular weight is 449 g/mol. The lowest BCUT2D eigenvalue weighted by atomic mass is 10.1. The molecule has 0 fully saturated rings. The maximum Gasteiger partial charge on any atom is 0.275 e. The van der Waals surface area contributed by atoms with Gasteiger partial charge in [-0.2, -0.15) is 0 Å². The summed E-state index contributed by atoms with van der Waals surface area (Å²) in [6.45, 7) is 2.07. The van der Waals surface area contributed by atoms with Crippen LogP contribution in [0.3, 0.4) is 0 Å². The minimum absolute atomic E-state index is 0.164. The summed E-state index contributed by atoms with van der Waals surface area (Å²) in [5.74, 6) is 0.361. The van der Waals surface area contributed by atoms with E-state index in [0.29, 0.717) is 10.8 Å². The van der Waals surface area contributed by atoms with Gasteiger partial charge in [0.2, 0.25) is 0 Å². The molecule has 0 spiro atoms. The van der Waals surface area contributed by atoms with Gasteiger partial charge in [0, 0.05) is 15.9 Å². The van der Waals surface area contributed by atoms with E-state index in [0.717, 1.165) is 10.2 Å². The van der Waals surface area contributed by atoms with Crippen LogP contribution in [0.5, 0.6) is 0 Å². The Morgan fingerprint density at radius 2 is 1.92 bits per heavy atom. The Balaban J connectivity index is 1.73. The summed E-state index contributed by atoms with van der Waals surface area (Å²) in [5.41, 5.74) is 3.25. The second kappa shape index (κ2) is 8.66. The lowest BCUT2D eigenvalue weighted by molar-refractivity contribution is 0.102. The molecule has 7 heteroatoms. The monoisotopic (exact) mass is 447 g/mol. The minimum Gasteiger partial charge on any atom is -0.321 e. The summed E-state index contributed by atoms with van der Waals surface area (Å²) < 4.78 is 0.936. The molecule has 132 valence electrons. The van der Waals surface area contributed by atoms with E-state index in [9.17, 15) is 4.79 Å². The molecule has 3 aromatic rings. The van der Waals surface area contributed by atoms with Crippen molar-refractivity contribution < 1.29 is 4.79 Å². The zero-order chi connectivity index (χ0) is 18.5. The molecule has 1 aromatic heterocycles. The number of hydrogen-bond acceptors (Lipinski definition) is 4. The third-order valence-corrected chi connectivity index (χ3v) is 5.37. The summed E-state index contributed by atoms with van der Waals surface area (Å²) in [6.07, 6.45) is 1.46. The molecule has 26 heavy (non-hydrogen) atoms. The molecule has 0 saturated carbocycles. The Labute approximate surface area is 169 Å². The molecule has 1 heterocycles. The number of anilines is 1. The number of aromatic nitrogens is 2. The SMILES string of the molecule is Cc1ccccc1CSc1ncc(Cl)c(C(=O)Nc2ccc(Br)cc2)n1. The smallest absolute Gasteiger partial charge is 0.275 e. The van der Waals surface area contributed by atoms with E-state index in [2.05, 4.69) is 50.3 Å². The molecule has 0 unspecified atom stereocenters. The summed E-state index contributed by atoms with van der Waals surface area (Å²) in [5, 5.41) is 3.53. The first kappa shape index (κ1) is 18.9. The van der Waals surface area contributed by atoms with Gasteiger partial charge in [0.25, 0.3) is 5.91 Å². The van der Waals surface area contributed by atoms with Crippen molar-refractivity contribution in [1.29, 1.82) is 0 Å². The molecule has 1 N–H and O–H groups in total. The van der Waals surface area contributed by atoms with Crippen molar-refractivity contribution in [3.05, 3.63) is 81.0 Å². The third kappa shape index (κ3) is 4.84. The number of nitrogens with zero attached hydrogens (tertiary/aromatic N) is 2. The van der Waals surface area contributed by atoms with Gasteiger partial charge in [0.05, 0.1) is 11.2 Å². The van der Waals surface area contributed by atoms with E-state index >= 15 is 0 Å². The van der Waals surface area contributed by atoms with Crippen LogP contribution in [0.2, 0.25) is 5.02 Å². The van der Waals surface area contributed by atoms with E-state index in [1.165, 1.54) is 29.1 Å². The Bertz CT molecular complexity index is 934. The van der Waals surface area contributed by atoms with E-state index in [-0.39, 0.29) is 16.6 Å². The number of carbonyl (C=O) groups excluding carboxylic acids is 1. The lowest BCUT2D eigenvalue weighted by Gasteiger charge is -2.08. The molecular formula is C19H15BrClN3OS. The van der Waals surface area contributed by atoms with Gasteiger partial charge in [-0.15, -0.1) is 0 Å². The molecule has 1 amide bonds. The van der Waals surface area contributed by atoms with Crippen LogP contribution in [0.1, 0.15) is 21.6 Å². The number of thioether (sulfide) groups is 1. The van der Waals surface area contributed by atoms with E-state index in [1.54, 1.807) is 12.1 Å². The van der Waals surface area contributed by atoms with Gasteiger partial charge in [0.1, 0.15) is 0 Å². The van der Waals surface area contributed by atoms with Crippen LogP contribution in [0.25, 0.3) is 0 Å². The van der Waals surface area contributed by atoms with Crippen molar-refractivity contribution in [2.24, 2.45) is 0 Å². The topological polar surface area (TPSA) is 54.9 Å². The fraction of sp³-hybridized carbons (Fsp3) is 0.105. The Hall–Kier alpha value is -1.89. The van der Waals surface area contributed by atoms with Gasteiger partial charge in [-0.3, -0.25) is 4.79 Å². The first-order valence-electron chi connectivity index (χ1n) is 7.79. The highest BCUT2D eigenvalue weighted by atomic mass is 79.9. The van der Waals surface area contributed by atoms with E-state index in [1.807, 2.05) is 24.3 Å². The van der Waals surface area contributed by atoms with E-state index in [4.69, 9.17) is 11.6 Å². The highest BCUT2D eigenvalue weighted by Crippen LogP contribution is 2.24. The number of halogens is 2. The molecule has 0 aliphatic rings. The third-order valence-electron chi connectivity index (χ3n) is 3.66. The standard InChI is InChI=1S/C19H15BrClN3OS/c1-12-4-2-3-5-13(12)11-26-19-22-10-16(21)17(24-19)18(25)23-15-8-6-14(20)7-9-15/h2-10H,11H2,1H3,(H,23,25). The van der Waals surface area contributed by atoms with Gasteiger partial charge in [-0.05, 0) is 42.3 Å². The van der Waals surface area contributed by atoms with Gasteiger partial charge < -0.3 is 5.32 Å². The van der Waals surface area contributed by atoms with Crippen LogP contribution in [-0.4, -0.2) is 15.9 Å². The maximum atomic E-state index is 12.5. The van der Waals surface area contributed by atoms with Crippen molar-refractivity contribution in [2.75, 3.05) is 5.32 Å². The maximum absolute atomic E-state index is 12.5. The van der Waals surface area contributed by atoms with Crippen LogP contribution < -0.4 is 5.32 Å². The van der Waals surface area contributed by atoms with Crippen LogP contribution >= 0.6 is 39.3 Å². The van der Waals surface area contributed by atoms with Gasteiger partial charge in [-0.25, -0.2) is 9.97 Å². The number of rotatable bonds is 5. The van der Waals surface area contributed by atoms with E-state index < -0.39 is 0 Å². The Morgan fingerprint density at radius 1 is 1.19 bits per heavy atom. The molecule has 0 saturated heterocycles. The number of aryl methyl sites for hydroxylation is 1. The Morgan fingerprint density at radius 3 is 2.65 bits per heavy atom. The molecule has 0 aliphatic heterocycles. The predicted molar refractivity (Wildman–Crippen MR) is 110 cm³/mol. The fourth-order valence-corrected chi connectivity index (χ4v) is 3.55. The van der Waals surface area contributed by atoms with Gasteiger partial charge in [0.15, 0.2) is 10.9 Å². The molecule has 0 bridgehead atoms. The highest BCUT2D eigenvalue weighted by molar-refractivity contribution is 9.10. The Kier molecular flexibility index (Phi) is 6.29. The zero-order valence-corrected chi connectivity index (χ0v) is 17.0. The minimum atomic E-state index is -0.363. The van der Waals surface area contributed by atoms with Crippen molar-refractivity contribution in [3.63, 3.8) is 0 Å². The lowest BCUT2D eigenvalue weighted by Crippen LogP contribution is -2.15. The number of hydrogen-bond donors (Lipinski definition) is 1. The van der Waals surface area contributed by atoms with Crippen molar-refractivity contribution in [2.45, 2.75) is 17.8 Å². The first-order chi connectivity index (χ1) is 12.5. The summed E-state index contributed by atoms with van der Waals surface area (Å²) in [4.78, 5) is 21.0. The van der Waals surface area contributed by atoms with Crippen molar-refractivity contribution in [1.82, 2.24) is 9.97 Å². The molecule has 0 radical (unpaired) electrons. The van der Waals surface area contributed by atoms with Crippen LogP contribution in [0, 0.1) is 6.92 Å². The number of amides is 1. The first-order valence-corrected chi connectivity index (χ1v) is 9.95. The highest BCUT2D eigenvalue weighted by Gasteiger charge is 2.15. The quantitative estimate of drug-likeness (QED) is 0.399. The van der Waals surface area contributed by atoms with Gasteiger partial charge in [-0.1, -0.05) is 63.6 Å². The second-order valence-electron chi connectivity index (χ2n) is 5.53. The molecule has 4 nitrogen and oxygen atoms in total. The molecule has 2 aromatic carbocycles. The second-order valence-corrected chi connectivity index (χ2v) is 7.79. The van der Waals surface area contributed by atoms with Crippen molar-refractivity contribution in [3.8, 4) is 0 Å². The van der Waals surface area contributed by atoms with Gasteiger partial charge >= 0.3 is 0 Å². The molecule has 0 aliphatic carbocycles. The fourth-order valence-electron chi connectivity index (χ4n) is 2.22.